The second kappa shape index (κ2) is 10.9. The average Bonchev–Trinajstić information content (AvgIpc) is 3.69. The number of hydrogen-bond donors (Lipinski definition) is 0. The Kier molecular flexibility index (Phi) is 7.19. The number of para-hydroxylation sites is 1. The summed E-state index contributed by atoms with van der Waals surface area (Å²) in [5.41, 5.74) is 4.11. The molecule has 0 spiro atoms. The topological polar surface area (TPSA) is 37.6 Å². The lowest BCUT2D eigenvalue weighted by molar-refractivity contribution is -0.130. The minimum absolute atomic E-state index is 0.0689. The standard InChI is InChI=1S/C30H23BrFN3OS2/c31-22-11-7-20(8-12-22)17-34-18-29(24-4-1-2-5-26(24)34)38-19-30(36)35-27(21-9-13-23(32)14-10-21)16-25(33-35)28-6-3-15-37-28/h1-15,18,27H,16-17,19H2. The molecule has 1 unspecified atom stereocenters. The maximum atomic E-state index is 13.6. The van der Waals surface area contributed by atoms with Crippen LogP contribution in [0.2, 0.25) is 0 Å². The van der Waals surface area contributed by atoms with E-state index in [1.54, 1.807) is 28.5 Å². The van der Waals surface area contributed by atoms with E-state index in [0.717, 1.165) is 43.0 Å². The van der Waals surface area contributed by atoms with Crippen LogP contribution in [0.5, 0.6) is 0 Å². The zero-order chi connectivity index (χ0) is 26.1. The van der Waals surface area contributed by atoms with Crippen molar-refractivity contribution in [2.45, 2.75) is 23.9 Å². The number of carbonyl (C=O) groups is 1. The van der Waals surface area contributed by atoms with Crippen molar-refractivity contribution in [2.75, 3.05) is 5.75 Å². The van der Waals surface area contributed by atoms with Gasteiger partial charge in [0.1, 0.15) is 5.82 Å². The largest absolute Gasteiger partial charge is 0.342 e. The van der Waals surface area contributed by atoms with Crippen LogP contribution in [0.4, 0.5) is 4.39 Å². The van der Waals surface area contributed by atoms with Crippen LogP contribution in [-0.4, -0.2) is 26.9 Å². The predicted molar refractivity (Wildman–Crippen MR) is 157 cm³/mol. The molecule has 0 saturated carbocycles. The number of carbonyl (C=O) groups excluding carboxylic acids is 1. The first-order valence-electron chi connectivity index (χ1n) is 12.2. The van der Waals surface area contributed by atoms with Crippen LogP contribution in [-0.2, 0) is 11.3 Å². The van der Waals surface area contributed by atoms with E-state index < -0.39 is 0 Å². The van der Waals surface area contributed by atoms with Gasteiger partial charge in [-0.15, -0.1) is 23.1 Å². The Balaban J connectivity index is 1.24. The van der Waals surface area contributed by atoms with Crippen molar-refractivity contribution in [1.29, 1.82) is 0 Å². The molecule has 0 aliphatic carbocycles. The molecule has 1 aliphatic rings. The van der Waals surface area contributed by atoms with Gasteiger partial charge in [-0.2, -0.15) is 5.10 Å². The second-order valence-electron chi connectivity index (χ2n) is 9.09. The molecule has 0 N–H and O–H groups in total. The van der Waals surface area contributed by atoms with Gasteiger partial charge in [-0.25, -0.2) is 9.40 Å². The van der Waals surface area contributed by atoms with Crippen molar-refractivity contribution in [1.82, 2.24) is 9.58 Å². The van der Waals surface area contributed by atoms with Gasteiger partial charge in [0.2, 0.25) is 0 Å². The van der Waals surface area contributed by atoms with Gasteiger partial charge in [0.15, 0.2) is 0 Å². The molecule has 0 saturated heterocycles. The van der Waals surface area contributed by atoms with Crippen LogP contribution in [0, 0.1) is 5.82 Å². The molecule has 0 bridgehead atoms. The molecule has 1 atom stereocenters. The minimum atomic E-state index is -0.292. The van der Waals surface area contributed by atoms with Gasteiger partial charge in [0.05, 0.1) is 22.4 Å². The van der Waals surface area contributed by atoms with Crippen LogP contribution in [0.15, 0.2) is 111 Å². The number of thioether (sulfide) groups is 1. The predicted octanol–water partition coefficient (Wildman–Crippen LogP) is 8.12. The van der Waals surface area contributed by atoms with Gasteiger partial charge in [0.25, 0.3) is 5.91 Å². The lowest BCUT2D eigenvalue weighted by atomic mass is 10.0. The lowest BCUT2D eigenvalue weighted by Crippen LogP contribution is -2.28. The molecular formula is C30H23BrFN3OS2. The number of hydrazone groups is 1. The van der Waals surface area contributed by atoms with E-state index in [4.69, 9.17) is 5.10 Å². The first-order chi connectivity index (χ1) is 18.5. The summed E-state index contributed by atoms with van der Waals surface area (Å²) in [4.78, 5) is 15.7. The van der Waals surface area contributed by atoms with E-state index in [9.17, 15) is 9.18 Å². The Morgan fingerprint density at radius 3 is 2.58 bits per heavy atom. The third-order valence-electron chi connectivity index (χ3n) is 6.60. The van der Waals surface area contributed by atoms with Crippen molar-refractivity contribution >= 4 is 61.6 Å². The van der Waals surface area contributed by atoms with Gasteiger partial charge in [0, 0.05) is 39.4 Å². The number of fused-ring (bicyclic) bond motifs is 1. The maximum absolute atomic E-state index is 13.6. The highest BCUT2D eigenvalue weighted by atomic mass is 79.9. The van der Waals surface area contributed by atoms with Crippen molar-refractivity contribution in [2.24, 2.45) is 5.10 Å². The fourth-order valence-corrected chi connectivity index (χ4v) is 6.65. The van der Waals surface area contributed by atoms with E-state index in [0.29, 0.717) is 6.42 Å². The number of amides is 1. The molecule has 1 aliphatic heterocycles. The second-order valence-corrected chi connectivity index (χ2v) is 12.0. The van der Waals surface area contributed by atoms with E-state index in [1.807, 2.05) is 41.8 Å². The lowest BCUT2D eigenvalue weighted by Gasteiger charge is -2.22. The van der Waals surface area contributed by atoms with Gasteiger partial charge < -0.3 is 4.57 Å². The molecule has 4 nitrogen and oxygen atoms in total. The summed E-state index contributed by atoms with van der Waals surface area (Å²) in [5, 5.41) is 9.48. The molecule has 3 heterocycles. The van der Waals surface area contributed by atoms with E-state index >= 15 is 0 Å². The summed E-state index contributed by atoms with van der Waals surface area (Å²) in [6.45, 7) is 0.746. The number of nitrogens with zero attached hydrogens (tertiary/aromatic N) is 3. The normalized spacial score (nSPS) is 15.3. The fraction of sp³-hybridized carbons (Fsp3) is 0.133. The van der Waals surface area contributed by atoms with Crippen molar-refractivity contribution < 1.29 is 9.18 Å². The number of rotatable bonds is 7. The third kappa shape index (κ3) is 5.21. The smallest absolute Gasteiger partial charge is 0.253 e. The van der Waals surface area contributed by atoms with Gasteiger partial charge >= 0.3 is 0 Å². The Morgan fingerprint density at radius 2 is 1.82 bits per heavy atom. The molecule has 6 rings (SSSR count). The summed E-state index contributed by atoms with van der Waals surface area (Å²) < 4.78 is 16.9. The Hall–Kier alpha value is -3.20. The third-order valence-corrected chi connectivity index (χ3v) is 9.07. The molecule has 38 heavy (non-hydrogen) atoms. The molecular weight excluding hydrogens is 581 g/mol. The highest BCUT2D eigenvalue weighted by Crippen LogP contribution is 2.36. The van der Waals surface area contributed by atoms with Crippen LogP contribution in [0.1, 0.15) is 28.5 Å². The number of thiophene rings is 1. The summed E-state index contributed by atoms with van der Waals surface area (Å²) in [6, 6.07) is 26.7. The zero-order valence-corrected chi connectivity index (χ0v) is 23.5. The Morgan fingerprint density at radius 1 is 1.03 bits per heavy atom. The Bertz CT molecular complexity index is 1610. The quantitative estimate of drug-likeness (QED) is 0.176. The van der Waals surface area contributed by atoms with Gasteiger partial charge in [-0.05, 0) is 52.9 Å². The first-order valence-corrected chi connectivity index (χ1v) is 14.8. The summed E-state index contributed by atoms with van der Waals surface area (Å²) in [6.07, 6.45) is 2.74. The van der Waals surface area contributed by atoms with Crippen LogP contribution < -0.4 is 0 Å². The van der Waals surface area contributed by atoms with Crippen LogP contribution >= 0.6 is 39.0 Å². The molecule has 3 aromatic carbocycles. The number of benzene rings is 3. The Labute approximate surface area is 236 Å². The molecule has 190 valence electrons. The molecule has 0 radical (unpaired) electrons. The monoisotopic (exact) mass is 603 g/mol. The first kappa shape index (κ1) is 25.1. The van der Waals surface area contributed by atoms with E-state index in [-0.39, 0.29) is 23.5 Å². The summed E-state index contributed by atoms with van der Waals surface area (Å²) in [5.74, 6) is -0.106. The highest BCUT2D eigenvalue weighted by Gasteiger charge is 2.33. The molecule has 1 amide bonds. The molecule has 8 heteroatoms. The van der Waals surface area contributed by atoms with Crippen molar-refractivity contribution in [3.63, 3.8) is 0 Å². The zero-order valence-electron chi connectivity index (χ0n) is 20.3. The van der Waals surface area contributed by atoms with Gasteiger partial charge in [-0.1, -0.05) is 64.5 Å². The van der Waals surface area contributed by atoms with E-state index in [2.05, 4.69) is 51.0 Å². The van der Waals surface area contributed by atoms with Crippen molar-refractivity contribution in [3.05, 3.63) is 123 Å². The molecule has 0 fully saturated rings. The summed E-state index contributed by atoms with van der Waals surface area (Å²) >= 11 is 6.64. The highest BCUT2D eigenvalue weighted by molar-refractivity contribution is 9.10. The van der Waals surface area contributed by atoms with Gasteiger partial charge in [-0.3, -0.25) is 4.79 Å². The summed E-state index contributed by atoms with van der Waals surface area (Å²) in [7, 11) is 0. The van der Waals surface area contributed by atoms with E-state index in [1.165, 1.54) is 29.5 Å². The maximum Gasteiger partial charge on any atom is 0.253 e. The number of hydrogen-bond acceptors (Lipinski definition) is 4. The van der Waals surface area contributed by atoms with Crippen LogP contribution in [0.25, 0.3) is 10.9 Å². The molecule has 5 aromatic rings. The SMILES string of the molecule is O=C(CSc1cn(Cc2ccc(Br)cc2)c2ccccc12)N1N=C(c2cccs2)CC1c1ccc(F)cc1. The number of halogens is 2. The van der Waals surface area contributed by atoms with Crippen LogP contribution in [0.3, 0.4) is 0 Å². The van der Waals surface area contributed by atoms with Crippen molar-refractivity contribution in [3.8, 4) is 0 Å². The fourth-order valence-electron chi connectivity index (χ4n) is 4.73. The molecule has 2 aromatic heterocycles. The number of aromatic nitrogens is 1. The average molecular weight is 605 g/mol. The minimum Gasteiger partial charge on any atom is -0.342 e.